The first-order chi connectivity index (χ1) is 8.37. The summed E-state index contributed by atoms with van der Waals surface area (Å²) in [5.41, 5.74) is -1.46. The predicted molar refractivity (Wildman–Crippen MR) is 64.0 cm³/mol. The minimum absolute atomic E-state index is 0.0448. The van der Waals surface area contributed by atoms with Crippen LogP contribution in [-0.4, -0.2) is 29.1 Å². The Bertz CT molecular complexity index is 518. The molecule has 0 amide bonds. The van der Waals surface area contributed by atoms with Crippen molar-refractivity contribution >= 4 is 11.8 Å². The standard InChI is InChI=1S/C14H16O4/c1-9(15)13-3-4-14(13)12(2,5-6-18-14)7-10(8-13)11(16)17/h3-4,8H,5-7H2,1-2H3,(H,16,17)/t12-,13-,14-/m1/s1. The third kappa shape index (κ3) is 1.01. The Kier molecular flexibility index (Phi) is 2.02. The largest absolute Gasteiger partial charge is 0.478 e. The summed E-state index contributed by atoms with van der Waals surface area (Å²) in [5, 5.41) is 9.25. The summed E-state index contributed by atoms with van der Waals surface area (Å²) >= 11 is 0. The molecule has 1 spiro atoms. The summed E-state index contributed by atoms with van der Waals surface area (Å²) in [5.74, 6) is -0.978. The maximum Gasteiger partial charge on any atom is 0.331 e. The molecule has 1 heterocycles. The Morgan fingerprint density at radius 3 is 2.61 bits per heavy atom. The highest BCUT2D eigenvalue weighted by Gasteiger charge is 2.70. The van der Waals surface area contributed by atoms with Crippen molar-refractivity contribution in [3.05, 3.63) is 23.8 Å². The molecule has 3 rings (SSSR count). The van der Waals surface area contributed by atoms with E-state index in [4.69, 9.17) is 4.74 Å². The van der Waals surface area contributed by atoms with Gasteiger partial charge < -0.3 is 9.84 Å². The first kappa shape index (κ1) is 11.7. The molecule has 4 heteroatoms. The van der Waals surface area contributed by atoms with Gasteiger partial charge >= 0.3 is 5.97 Å². The summed E-state index contributed by atoms with van der Waals surface area (Å²) in [4.78, 5) is 23.3. The molecule has 96 valence electrons. The van der Waals surface area contributed by atoms with Crippen LogP contribution in [0.5, 0.6) is 0 Å². The molecule has 3 atom stereocenters. The third-order valence-electron chi connectivity index (χ3n) is 4.92. The van der Waals surface area contributed by atoms with Crippen LogP contribution in [0.25, 0.3) is 0 Å². The van der Waals surface area contributed by atoms with Crippen LogP contribution in [0.15, 0.2) is 23.8 Å². The number of carboxylic acid groups (broad SMARTS) is 1. The summed E-state index contributed by atoms with van der Waals surface area (Å²) in [7, 11) is 0. The molecule has 1 N–H and O–H groups in total. The van der Waals surface area contributed by atoms with E-state index < -0.39 is 17.0 Å². The Morgan fingerprint density at radius 2 is 2.11 bits per heavy atom. The van der Waals surface area contributed by atoms with Crippen LogP contribution in [-0.2, 0) is 14.3 Å². The quantitative estimate of drug-likeness (QED) is 0.756. The molecule has 0 saturated carbocycles. The summed E-state index contributed by atoms with van der Waals surface area (Å²) in [6.07, 6.45) is 6.58. The lowest BCUT2D eigenvalue weighted by Crippen LogP contribution is -2.64. The number of hydrogen-bond acceptors (Lipinski definition) is 3. The maximum absolute atomic E-state index is 12.1. The second kappa shape index (κ2) is 3.12. The zero-order chi connectivity index (χ0) is 13.2. The summed E-state index contributed by atoms with van der Waals surface area (Å²) in [6.45, 7) is 4.11. The van der Waals surface area contributed by atoms with Crippen molar-refractivity contribution < 1.29 is 19.4 Å². The van der Waals surface area contributed by atoms with Crippen LogP contribution in [0.4, 0.5) is 0 Å². The SMILES string of the molecule is CC(=O)[C@]12C=C[C@]13OCC[C@]3(C)CC(C(=O)O)=C2. The number of carbonyl (C=O) groups excluding carboxylic acids is 1. The number of rotatable bonds is 2. The van der Waals surface area contributed by atoms with E-state index in [1.54, 1.807) is 12.2 Å². The van der Waals surface area contributed by atoms with Gasteiger partial charge in [-0.15, -0.1) is 0 Å². The highest BCUT2D eigenvalue weighted by atomic mass is 16.5. The minimum atomic E-state index is -0.933. The van der Waals surface area contributed by atoms with E-state index in [9.17, 15) is 14.7 Å². The first-order valence-corrected chi connectivity index (χ1v) is 6.17. The first-order valence-electron chi connectivity index (χ1n) is 6.17. The van der Waals surface area contributed by atoms with Gasteiger partial charge in [-0.2, -0.15) is 0 Å². The van der Waals surface area contributed by atoms with Gasteiger partial charge in [-0.05, 0) is 19.8 Å². The fourth-order valence-corrected chi connectivity index (χ4v) is 3.82. The Labute approximate surface area is 105 Å². The third-order valence-corrected chi connectivity index (χ3v) is 4.92. The molecule has 1 aliphatic heterocycles. The van der Waals surface area contributed by atoms with Crippen LogP contribution in [0.2, 0.25) is 0 Å². The molecular formula is C14H16O4. The van der Waals surface area contributed by atoms with Crippen molar-refractivity contribution in [3.8, 4) is 0 Å². The van der Waals surface area contributed by atoms with Crippen molar-refractivity contribution in [2.75, 3.05) is 6.61 Å². The van der Waals surface area contributed by atoms with Gasteiger partial charge in [-0.1, -0.05) is 25.2 Å². The average Bonchev–Trinajstić information content (AvgIpc) is 2.61. The van der Waals surface area contributed by atoms with E-state index >= 15 is 0 Å². The molecule has 0 aromatic rings. The van der Waals surface area contributed by atoms with Crippen LogP contribution in [0.3, 0.4) is 0 Å². The smallest absolute Gasteiger partial charge is 0.331 e. The molecule has 2 aliphatic carbocycles. The minimum Gasteiger partial charge on any atom is -0.478 e. The topological polar surface area (TPSA) is 63.6 Å². The number of aliphatic carboxylic acids is 1. The molecular weight excluding hydrogens is 232 g/mol. The van der Waals surface area contributed by atoms with Crippen LogP contribution >= 0.6 is 0 Å². The van der Waals surface area contributed by atoms with Gasteiger partial charge in [0.25, 0.3) is 0 Å². The zero-order valence-electron chi connectivity index (χ0n) is 10.5. The van der Waals surface area contributed by atoms with Crippen molar-refractivity contribution in [1.29, 1.82) is 0 Å². The van der Waals surface area contributed by atoms with Crippen molar-refractivity contribution in [2.45, 2.75) is 32.3 Å². The van der Waals surface area contributed by atoms with Crippen LogP contribution in [0.1, 0.15) is 26.7 Å². The Hall–Kier alpha value is -1.42. The van der Waals surface area contributed by atoms with Gasteiger partial charge in [0.2, 0.25) is 0 Å². The lowest BCUT2D eigenvalue weighted by molar-refractivity contribution is -0.149. The summed E-state index contributed by atoms with van der Waals surface area (Å²) in [6, 6.07) is 0. The normalized spacial score (nSPS) is 44.7. The van der Waals surface area contributed by atoms with E-state index in [2.05, 4.69) is 0 Å². The Morgan fingerprint density at radius 1 is 1.39 bits per heavy atom. The van der Waals surface area contributed by atoms with Gasteiger partial charge in [-0.3, -0.25) is 4.79 Å². The number of Topliss-reactive ketones (excluding diaryl/α,β-unsaturated/α-hetero) is 1. The number of ether oxygens (including phenoxy) is 1. The second-order valence-electron chi connectivity index (χ2n) is 5.80. The Balaban J connectivity index is 2.22. The molecule has 3 aliphatic rings. The number of hydrogen-bond donors (Lipinski definition) is 1. The monoisotopic (exact) mass is 248 g/mol. The lowest BCUT2D eigenvalue weighted by Gasteiger charge is -2.58. The van der Waals surface area contributed by atoms with E-state index in [0.717, 1.165) is 6.42 Å². The van der Waals surface area contributed by atoms with E-state index in [1.165, 1.54) is 6.92 Å². The number of carboxylic acids is 1. The van der Waals surface area contributed by atoms with E-state index in [1.807, 2.05) is 13.0 Å². The summed E-state index contributed by atoms with van der Waals surface area (Å²) < 4.78 is 5.89. The van der Waals surface area contributed by atoms with E-state index in [0.29, 0.717) is 18.6 Å². The van der Waals surface area contributed by atoms with Gasteiger partial charge in [0.05, 0.1) is 5.41 Å². The van der Waals surface area contributed by atoms with Crippen LogP contribution < -0.4 is 0 Å². The molecule has 0 aromatic heterocycles. The molecule has 18 heavy (non-hydrogen) atoms. The van der Waals surface area contributed by atoms with Crippen molar-refractivity contribution in [1.82, 2.24) is 0 Å². The van der Waals surface area contributed by atoms with Gasteiger partial charge in [0.15, 0.2) is 0 Å². The molecule has 1 saturated heterocycles. The fraction of sp³-hybridized carbons (Fsp3) is 0.571. The van der Waals surface area contributed by atoms with Gasteiger partial charge in [-0.25, -0.2) is 4.79 Å². The molecule has 0 aromatic carbocycles. The number of carbonyl (C=O) groups is 2. The number of ketones is 1. The van der Waals surface area contributed by atoms with Gasteiger partial charge in [0, 0.05) is 17.6 Å². The highest BCUT2D eigenvalue weighted by Crippen LogP contribution is 2.65. The maximum atomic E-state index is 12.1. The van der Waals surface area contributed by atoms with Crippen LogP contribution in [0, 0.1) is 10.8 Å². The highest BCUT2D eigenvalue weighted by molar-refractivity contribution is 5.96. The van der Waals surface area contributed by atoms with Crippen molar-refractivity contribution in [3.63, 3.8) is 0 Å². The van der Waals surface area contributed by atoms with E-state index in [-0.39, 0.29) is 11.2 Å². The fourth-order valence-electron chi connectivity index (χ4n) is 3.82. The average molecular weight is 248 g/mol. The molecule has 0 bridgehead atoms. The lowest BCUT2D eigenvalue weighted by atomic mass is 9.47. The zero-order valence-corrected chi connectivity index (χ0v) is 10.5. The molecule has 1 fully saturated rings. The second-order valence-corrected chi connectivity index (χ2v) is 5.80. The molecule has 4 nitrogen and oxygen atoms in total. The van der Waals surface area contributed by atoms with Gasteiger partial charge in [0.1, 0.15) is 11.4 Å². The molecule has 0 unspecified atom stereocenters. The van der Waals surface area contributed by atoms with Crippen molar-refractivity contribution in [2.24, 2.45) is 10.8 Å². The molecule has 0 radical (unpaired) electrons. The predicted octanol–water partition coefficient (Wildman–Crippen LogP) is 1.71.